The maximum atomic E-state index is 11.0. The van der Waals surface area contributed by atoms with Crippen molar-refractivity contribution < 1.29 is 5.11 Å². The van der Waals surface area contributed by atoms with Gasteiger partial charge in [0.25, 0.3) is 0 Å². The van der Waals surface area contributed by atoms with Crippen LogP contribution in [0, 0.1) is 17.8 Å². The molecule has 3 atom stereocenters. The monoisotopic (exact) mass is 278 g/mol. The van der Waals surface area contributed by atoms with Crippen LogP contribution in [0.5, 0.6) is 0 Å². The summed E-state index contributed by atoms with van der Waals surface area (Å²) in [6.45, 7) is 8.12. The molecule has 1 saturated carbocycles. The van der Waals surface area contributed by atoms with Gasteiger partial charge >= 0.3 is 0 Å². The fourth-order valence-corrected chi connectivity index (χ4v) is 3.80. The minimum Gasteiger partial charge on any atom is -0.377 e. The van der Waals surface area contributed by atoms with Gasteiger partial charge in [-0.05, 0) is 33.0 Å². The van der Waals surface area contributed by atoms with Gasteiger partial charge in [0, 0.05) is 24.9 Å². The van der Waals surface area contributed by atoms with E-state index in [4.69, 9.17) is 0 Å². The number of rotatable bonds is 3. The zero-order chi connectivity index (χ0) is 14.6. The van der Waals surface area contributed by atoms with E-state index < -0.39 is 5.60 Å². The maximum Gasteiger partial charge on any atom is 0.131 e. The minimum atomic E-state index is -0.745. The fourth-order valence-electron chi connectivity index (χ4n) is 3.80. The molecule has 3 heteroatoms. The SMILES string of the molecule is CCN(CC)CC#C[C@]1(O)CCN(C)[C@H]2CCCC[C@@H]21. The summed E-state index contributed by atoms with van der Waals surface area (Å²) >= 11 is 0. The summed E-state index contributed by atoms with van der Waals surface area (Å²) in [5.41, 5.74) is -0.745. The van der Waals surface area contributed by atoms with Crippen LogP contribution in [-0.2, 0) is 0 Å². The Kier molecular flexibility index (Phi) is 5.49. The molecule has 2 rings (SSSR count). The van der Waals surface area contributed by atoms with Crippen molar-refractivity contribution in [2.45, 2.75) is 57.6 Å². The van der Waals surface area contributed by atoms with Crippen LogP contribution in [-0.4, -0.2) is 59.8 Å². The van der Waals surface area contributed by atoms with Gasteiger partial charge in [-0.3, -0.25) is 4.90 Å². The topological polar surface area (TPSA) is 26.7 Å². The Hall–Kier alpha value is -0.560. The van der Waals surface area contributed by atoms with Gasteiger partial charge in [-0.2, -0.15) is 0 Å². The Balaban J connectivity index is 2.06. The van der Waals surface area contributed by atoms with E-state index >= 15 is 0 Å². The third-order valence-electron chi connectivity index (χ3n) is 5.26. The van der Waals surface area contributed by atoms with E-state index in [-0.39, 0.29) is 0 Å². The molecule has 1 heterocycles. The molecule has 0 aromatic heterocycles. The molecule has 20 heavy (non-hydrogen) atoms. The summed E-state index contributed by atoms with van der Waals surface area (Å²) in [4.78, 5) is 4.73. The zero-order valence-corrected chi connectivity index (χ0v) is 13.4. The number of hydrogen-bond donors (Lipinski definition) is 1. The van der Waals surface area contributed by atoms with Crippen LogP contribution in [0.1, 0.15) is 46.0 Å². The molecule has 0 unspecified atom stereocenters. The summed E-state index contributed by atoms with van der Waals surface area (Å²) in [5.74, 6) is 6.85. The molecule has 0 spiro atoms. The third kappa shape index (κ3) is 3.36. The number of nitrogens with zero attached hydrogens (tertiary/aromatic N) is 2. The van der Waals surface area contributed by atoms with Crippen molar-refractivity contribution in [3.8, 4) is 11.8 Å². The second-order valence-corrected chi connectivity index (χ2v) is 6.38. The van der Waals surface area contributed by atoms with Crippen LogP contribution in [0.25, 0.3) is 0 Å². The molecule has 0 bridgehead atoms. The van der Waals surface area contributed by atoms with Gasteiger partial charge in [-0.15, -0.1) is 0 Å². The smallest absolute Gasteiger partial charge is 0.131 e. The van der Waals surface area contributed by atoms with Crippen molar-refractivity contribution >= 4 is 0 Å². The lowest BCUT2D eigenvalue weighted by molar-refractivity contribution is -0.0701. The van der Waals surface area contributed by atoms with Crippen molar-refractivity contribution in [2.24, 2.45) is 5.92 Å². The van der Waals surface area contributed by atoms with Crippen molar-refractivity contribution in [2.75, 3.05) is 33.2 Å². The van der Waals surface area contributed by atoms with Crippen LogP contribution in [0.2, 0.25) is 0 Å². The Labute approximate surface area is 124 Å². The van der Waals surface area contributed by atoms with Gasteiger partial charge in [-0.25, -0.2) is 0 Å². The molecular weight excluding hydrogens is 248 g/mol. The molecule has 1 N–H and O–H groups in total. The Morgan fingerprint density at radius 1 is 1.25 bits per heavy atom. The molecule has 0 aromatic rings. The van der Waals surface area contributed by atoms with Crippen LogP contribution < -0.4 is 0 Å². The quantitative estimate of drug-likeness (QED) is 0.800. The van der Waals surface area contributed by atoms with E-state index in [0.29, 0.717) is 12.0 Å². The number of hydrogen-bond acceptors (Lipinski definition) is 3. The lowest BCUT2D eigenvalue weighted by Gasteiger charge is -2.49. The second kappa shape index (κ2) is 6.93. The minimum absolute atomic E-state index is 0.346. The highest BCUT2D eigenvalue weighted by atomic mass is 16.3. The van der Waals surface area contributed by atoms with Crippen molar-refractivity contribution in [3.63, 3.8) is 0 Å². The molecule has 0 aromatic carbocycles. The molecule has 2 fully saturated rings. The lowest BCUT2D eigenvalue weighted by Crippen LogP contribution is -2.57. The standard InChI is InChI=1S/C17H30N2O/c1-4-19(5-2)13-8-11-17(20)12-14-18(3)16-10-7-6-9-15(16)17/h15-16,20H,4-7,9-10,12-14H2,1-3H3/t15-,16-,17-/m0/s1. The summed E-state index contributed by atoms with van der Waals surface area (Å²) in [6, 6.07) is 0.533. The number of piperidine rings is 1. The predicted molar refractivity (Wildman–Crippen MR) is 83.5 cm³/mol. The molecule has 0 radical (unpaired) electrons. The summed E-state index contributed by atoms with van der Waals surface area (Å²) in [5, 5.41) is 11.0. The van der Waals surface area contributed by atoms with Crippen LogP contribution in [0.4, 0.5) is 0 Å². The normalized spacial score (nSPS) is 34.5. The lowest BCUT2D eigenvalue weighted by atomic mass is 9.69. The summed E-state index contributed by atoms with van der Waals surface area (Å²) < 4.78 is 0. The van der Waals surface area contributed by atoms with Crippen LogP contribution in [0.3, 0.4) is 0 Å². The van der Waals surface area contributed by atoms with Gasteiger partial charge < -0.3 is 10.0 Å². The van der Waals surface area contributed by atoms with E-state index in [2.05, 4.69) is 42.5 Å². The first-order valence-corrected chi connectivity index (χ1v) is 8.25. The number of fused-ring (bicyclic) bond motifs is 1. The van der Waals surface area contributed by atoms with Gasteiger partial charge in [0.2, 0.25) is 0 Å². The van der Waals surface area contributed by atoms with Gasteiger partial charge in [-0.1, -0.05) is 38.5 Å². The van der Waals surface area contributed by atoms with E-state index in [9.17, 15) is 5.11 Å². The number of aliphatic hydroxyl groups is 1. The largest absolute Gasteiger partial charge is 0.377 e. The van der Waals surface area contributed by atoms with Gasteiger partial charge in [0.05, 0.1) is 6.54 Å². The first-order chi connectivity index (χ1) is 9.60. The van der Waals surface area contributed by atoms with E-state index in [0.717, 1.165) is 39.0 Å². The van der Waals surface area contributed by atoms with Crippen molar-refractivity contribution in [1.82, 2.24) is 9.80 Å². The molecule has 2 aliphatic rings. The zero-order valence-electron chi connectivity index (χ0n) is 13.4. The van der Waals surface area contributed by atoms with Crippen LogP contribution in [0.15, 0.2) is 0 Å². The number of likely N-dealkylation sites (tertiary alicyclic amines) is 1. The molecule has 114 valence electrons. The second-order valence-electron chi connectivity index (χ2n) is 6.38. The third-order valence-corrected chi connectivity index (χ3v) is 5.26. The molecule has 0 amide bonds. The first-order valence-electron chi connectivity index (χ1n) is 8.25. The van der Waals surface area contributed by atoms with Crippen LogP contribution >= 0.6 is 0 Å². The fraction of sp³-hybridized carbons (Fsp3) is 0.882. The van der Waals surface area contributed by atoms with Gasteiger partial charge in [0.1, 0.15) is 5.60 Å². The van der Waals surface area contributed by atoms with E-state index in [1.54, 1.807) is 0 Å². The van der Waals surface area contributed by atoms with Crippen molar-refractivity contribution in [3.05, 3.63) is 0 Å². The molecule has 1 aliphatic heterocycles. The predicted octanol–water partition coefficient (Wildman–Crippen LogP) is 1.96. The molecular formula is C17H30N2O. The summed E-state index contributed by atoms with van der Waals surface area (Å²) in [7, 11) is 2.20. The van der Waals surface area contributed by atoms with Gasteiger partial charge in [0.15, 0.2) is 0 Å². The highest BCUT2D eigenvalue weighted by molar-refractivity contribution is 5.20. The molecule has 3 nitrogen and oxygen atoms in total. The van der Waals surface area contributed by atoms with Crippen molar-refractivity contribution in [1.29, 1.82) is 0 Å². The highest BCUT2D eigenvalue weighted by Gasteiger charge is 2.46. The Morgan fingerprint density at radius 2 is 1.95 bits per heavy atom. The Morgan fingerprint density at radius 3 is 2.65 bits per heavy atom. The average molecular weight is 278 g/mol. The first kappa shape index (κ1) is 15.8. The molecule has 1 saturated heterocycles. The summed E-state index contributed by atoms with van der Waals surface area (Å²) in [6.07, 6.45) is 5.70. The maximum absolute atomic E-state index is 11.0. The average Bonchev–Trinajstić information content (AvgIpc) is 2.48. The highest BCUT2D eigenvalue weighted by Crippen LogP contribution is 2.40. The molecule has 1 aliphatic carbocycles. The Bertz CT molecular complexity index is 369. The van der Waals surface area contributed by atoms with E-state index in [1.165, 1.54) is 19.3 Å². The van der Waals surface area contributed by atoms with E-state index in [1.807, 2.05) is 0 Å².